The van der Waals surface area contributed by atoms with Crippen LogP contribution in [0.1, 0.15) is 39.9 Å². The van der Waals surface area contributed by atoms with Crippen LogP contribution in [0.15, 0.2) is 12.1 Å². The Morgan fingerprint density at radius 2 is 2.04 bits per heavy atom. The lowest BCUT2D eigenvalue weighted by molar-refractivity contribution is -0.138. The first-order valence-electron chi connectivity index (χ1n) is 7.85. The number of piperidine rings is 1. The number of likely N-dealkylation sites (tertiary alicyclic amines) is 1. The molecule has 0 spiro atoms. The number of alkyl halides is 3. The van der Waals surface area contributed by atoms with Gasteiger partial charge in [0.1, 0.15) is 0 Å². The van der Waals surface area contributed by atoms with Gasteiger partial charge in [-0.15, -0.1) is 0 Å². The molecule has 2 heterocycles. The number of hydrazine groups is 1. The molecule has 2 unspecified atom stereocenters. The van der Waals surface area contributed by atoms with Crippen molar-refractivity contribution in [3.63, 3.8) is 0 Å². The van der Waals surface area contributed by atoms with Crippen LogP contribution in [0.25, 0.3) is 0 Å². The van der Waals surface area contributed by atoms with Crippen molar-refractivity contribution in [2.24, 2.45) is 17.7 Å². The summed E-state index contributed by atoms with van der Waals surface area (Å²) in [7, 11) is 0. The highest BCUT2D eigenvalue weighted by Crippen LogP contribution is 2.45. The number of fused-ring (bicyclic) bond motifs is 2. The molecule has 1 amide bonds. The normalized spacial score (nSPS) is 27.1. The van der Waals surface area contributed by atoms with E-state index in [0.717, 1.165) is 30.4 Å². The number of carbonyl (C=O) groups is 1. The van der Waals surface area contributed by atoms with Gasteiger partial charge < -0.3 is 0 Å². The average molecular weight is 325 g/mol. The van der Waals surface area contributed by atoms with E-state index in [0.29, 0.717) is 18.0 Å². The molecule has 1 aromatic carbocycles. The monoisotopic (exact) mass is 325 g/mol. The summed E-state index contributed by atoms with van der Waals surface area (Å²) < 4.78 is 40.0. The summed E-state index contributed by atoms with van der Waals surface area (Å²) >= 11 is 0. The van der Waals surface area contributed by atoms with Gasteiger partial charge in [0.15, 0.2) is 0 Å². The second-order valence-electron chi connectivity index (χ2n) is 6.88. The summed E-state index contributed by atoms with van der Waals surface area (Å²) in [5, 5.41) is 0.847. The molecular formula is C16H18F3N3O. The first-order chi connectivity index (χ1) is 10.8. The van der Waals surface area contributed by atoms with Gasteiger partial charge in [0.05, 0.1) is 12.1 Å². The number of carbonyl (C=O) groups excluding carboxylic acids is 1. The van der Waals surface area contributed by atoms with Crippen LogP contribution in [0.5, 0.6) is 0 Å². The number of amides is 1. The minimum Gasteiger partial charge on any atom is -0.299 e. The molecule has 0 bridgehead atoms. The number of halogens is 3. The maximum absolute atomic E-state index is 13.3. The fourth-order valence-electron chi connectivity index (χ4n) is 3.89. The zero-order valence-corrected chi connectivity index (χ0v) is 12.6. The Balaban J connectivity index is 1.66. The summed E-state index contributed by atoms with van der Waals surface area (Å²) in [6.07, 6.45) is -2.11. The number of nitrogens with two attached hydrogens (primary N) is 1. The topological polar surface area (TPSA) is 49.6 Å². The van der Waals surface area contributed by atoms with Crippen LogP contribution in [0, 0.1) is 11.8 Å². The molecule has 23 heavy (non-hydrogen) atoms. The molecule has 2 atom stereocenters. The molecule has 2 N–H and O–H groups in total. The largest absolute Gasteiger partial charge is 0.416 e. The summed E-state index contributed by atoms with van der Waals surface area (Å²) in [4.78, 5) is 14.2. The predicted octanol–water partition coefficient (Wildman–Crippen LogP) is 2.38. The Kier molecular flexibility index (Phi) is 3.22. The minimum absolute atomic E-state index is 0.00495. The fraction of sp³-hybridized carbons (Fsp3) is 0.562. The molecule has 1 aliphatic carbocycles. The molecule has 3 aliphatic rings. The van der Waals surface area contributed by atoms with Crippen LogP contribution in [-0.2, 0) is 19.3 Å². The zero-order chi connectivity index (χ0) is 16.4. The van der Waals surface area contributed by atoms with Crippen molar-refractivity contribution in [3.05, 3.63) is 34.4 Å². The van der Waals surface area contributed by atoms with Gasteiger partial charge in [0.2, 0.25) is 0 Å². The number of benzene rings is 1. The van der Waals surface area contributed by atoms with E-state index in [1.54, 1.807) is 6.07 Å². The van der Waals surface area contributed by atoms with Crippen LogP contribution in [0.2, 0.25) is 0 Å². The van der Waals surface area contributed by atoms with Crippen LogP contribution in [0.4, 0.5) is 13.2 Å². The van der Waals surface area contributed by atoms with Crippen molar-refractivity contribution < 1.29 is 18.0 Å². The lowest BCUT2D eigenvalue weighted by Crippen LogP contribution is -2.31. The summed E-state index contributed by atoms with van der Waals surface area (Å²) in [6.45, 7) is 2.13. The van der Waals surface area contributed by atoms with Gasteiger partial charge in [0, 0.05) is 18.7 Å². The van der Waals surface area contributed by atoms with Gasteiger partial charge >= 0.3 is 6.18 Å². The van der Waals surface area contributed by atoms with Crippen LogP contribution >= 0.6 is 0 Å². The molecule has 2 fully saturated rings. The fourth-order valence-corrected chi connectivity index (χ4v) is 3.89. The van der Waals surface area contributed by atoms with Gasteiger partial charge in [-0.1, -0.05) is 0 Å². The Labute approximate surface area is 132 Å². The van der Waals surface area contributed by atoms with Gasteiger partial charge in [-0.3, -0.25) is 14.7 Å². The van der Waals surface area contributed by atoms with E-state index < -0.39 is 17.6 Å². The van der Waals surface area contributed by atoms with Gasteiger partial charge in [-0.05, 0) is 54.5 Å². The van der Waals surface area contributed by atoms with Crippen molar-refractivity contribution in [3.8, 4) is 0 Å². The first kappa shape index (κ1) is 15.0. The molecule has 124 valence electrons. The molecular weight excluding hydrogens is 307 g/mol. The molecule has 0 radical (unpaired) electrons. The first-order valence-corrected chi connectivity index (χ1v) is 7.85. The van der Waals surface area contributed by atoms with Crippen molar-refractivity contribution in [1.82, 2.24) is 9.91 Å². The SMILES string of the molecule is NN1Cc2c(cc(CN3CCC4CC4C3)cc2C(F)(F)F)C1=O. The zero-order valence-electron chi connectivity index (χ0n) is 12.6. The smallest absolute Gasteiger partial charge is 0.299 e. The number of rotatable bonds is 2. The quantitative estimate of drug-likeness (QED) is 0.671. The second-order valence-corrected chi connectivity index (χ2v) is 6.88. The highest BCUT2D eigenvalue weighted by atomic mass is 19.4. The number of nitrogens with zero attached hydrogens (tertiary/aromatic N) is 2. The third kappa shape index (κ3) is 2.61. The molecule has 1 saturated carbocycles. The number of hydrogen-bond donors (Lipinski definition) is 1. The molecule has 7 heteroatoms. The number of hydrogen-bond acceptors (Lipinski definition) is 3. The van der Waals surface area contributed by atoms with Crippen LogP contribution < -0.4 is 5.84 Å². The van der Waals surface area contributed by atoms with Crippen molar-refractivity contribution in [2.45, 2.75) is 32.1 Å². The maximum Gasteiger partial charge on any atom is 0.416 e. The molecule has 2 aliphatic heterocycles. The molecule has 0 aromatic heterocycles. The van der Waals surface area contributed by atoms with Gasteiger partial charge in [-0.25, -0.2) is 5.84 Å². The lowest BCUT2D eigenvalue weighted by atomic mass is 9.98. The Morgan fingerprint density at radius 3 is 2.74 bits per heavy atom. The molecule has 4 rings (SSSR count). The van der Waals surface area contributed by atoms with Crippen LogP contribution in [0.3, 0.4) is 0 Å². The van der Waals surface area contributed by atoms with E-state index in [4.69, 9.17) is 5.84 Å². The van der Waals surface area contributed by atoms with E-state index >= 15 is 0 Å². The maximum atomic E-state index is 13.3. The highest BCUT2D eigenvalue weighted by molar-refractivity contribution is 5.98. The van der Waals surface area contributed by atoms with E-state index in [2.05, 4.69) is 4.90 Å². The third-order valence-electron chi connectivity index (χ3n) is 5.22. The van der Waals surface area contributed by atoms with E-state index in [1.165, 1.54) is 12.5 Å². The molecule has 1 saturated heterocycles. The standard InChI is InChI=1S/C16H18F3N3O/c17-16(18,19)14-4-9(3-12-13(14)8-22(20)15(12)23)6-21-2-1-10-5-11(10)7-21/h3-4,10-11H,1-2,5-8,20H2. The minimum atomic E-state index is -4.48. The molecule has 4 nitrogen and oxygen atoms in total. The van der Waals surface area contributed by atoms with Crippen LogP contribution in [-0.4, -0.2) is 28.9 Å². The van der Waals surface area contributed by atoms with Crippen molar-refractivity contribution in [2.75, 3.05) is 13.1 Å². The summed E-state index contributed by atoms with van der Waals surface area (Å²) in [5.74, 6) is 6.50. The van der Waals surface area contributed by atoms with Gasteiger partial charge in [-0.2, -0.15) is 13.2 Å². The van der Waals surface area contributed by atoms with E-state index in [9.17, 15) is 18.0 Å². The highest BCUT2D eigenvalue weighted by Gasteiger charge is 2.42. The molecule has 1 aromatic rings. The summed E-state index contributed by atoms with van der Waals surface area (Å²) in [5.41, 5.74) is -0.0975. The predicted molar refractivity (Wildman–Crippen MR) is 77.0 cm³/mol. The van der Waals surface area contributed by atoms with Crippen molar-refractivity contribution in [1.29, 1.82) is 0 Å². The third-order valence-corrected chi connectivity index (χ3v) is 5.22. The Bertz CT molecular complexity index is 673. The lowest BCUT2D eigenvalue weighted by Gasteiger charge is -2.26. The van der Waals surface area contributed by atoms with E-state index in [-0.39, 0.29) is 17.7 Å². The van der Waals surface area contributed by atoms with Crippen molar-refractivity contribution >= 4 is 5.91 Å². The summed E-state index contributed by atoms with van der Waals surface area (Å²) in [6, 6.07) is 2.77. The average Bonchev–Trinajstić information content (AvgIpc) is 3.19. The van der Waals surface area contributed by atoms with Gasteiger partial charge in [0.25, 0.3) is 5.91 Å². The Hall–Kier alpha value is -1.60. The second kappa shape index (κ2) is 4.95. The van der Waals surface area contributed by atoms with E-state index in [1.807, 2.05) is 0 Å². The Morgan fingerprint density at radius 1 is 1.26 bits per heavy atom.